The lowest BCUT2D eigenvalue weighted by Gasteiger charge is -2.29. The molecule has 0 saturated heterocycles. The molecule has 0 aromatic heterocycles. The van der Waals surface area contributed by atoms with Gasteiger partial charge in [0.15, 0.2) is 0 Å². The summed E-state index contributed by atoms with van der Waals surface area (Å²) in [6.45, 7) is 25.0. The van der Waals surface area contributed by atoms with Gasteiger partial charge in [-0.1, -0.05) is 51.0 Å². The Balaban J connectivity index is 2.28. The molecule has 0 fully saturated rings. The number of hydrogen-bond donors (Lipinski definition) is 0. The molecule has 3 rings (SSSR count). The average molecular weight is 602 g/mol. The van der Waals surface area contributed by atoms with Crippen LogP contribution in [-0.4, -0.2) is 52.5 Å². The maximum absolute atomic E-state index is 6.63. The second-order valence-corrected chi connectivity index (χ2v) is 11.4. The number of nitrogens with zero attached hydrogens (tertiary/aromatic N) is 3. The van der Waals surface area contributed by atoms with Crippen LogP contribution in [-0.2, 0) is 0 Å². The van der Waals surface area contributed by atoms with Crippen molar-refractivity contribution in [3.63, 3.8) is 0 Å². The minimum atomic E-state index is -0.0366. The molecule has 0 aliphatic rings. The van der Waals surface area contributed by atoms with E-state index in [0.717, 1.165) is 76.5 Å². The van der Waals surface area contributed by atoms with Gasteiger partial charge in [0, 0.05) is 85.5 Å². The standard InChI is InChI=1S/C39H59N3O2/c1-9-17-27-43-37-29-33(41(13-5)14-6)23-25-35(37)39(31-19-21-32(22-20-31)40(11-3)12-4)36-26-24-34(42(15-7)16-8)30-38(36)44-28-18-10-2/h19-26,29-30,39H,9-18,27-28H2,1-8H3. The lowest BCUT2D eigenvalue weighted by atomic mass is 9.83. The molecular weight excluding hydrogens is 542 g/mol. The zero-order valence-corrected chi connectivity index (χ0v) is 29.0. The van der Waals surface area contributed by atoms with Crippen LogP contribution in [0.2, 0.25) is 0 Å². The SMILES string of the molecule is CCCCOc1cc(N(CC)CC)ccc1C(c1ccc(N(CC)CC)cc1)c1ccc(N(CC)CC)cc1OCCCC. The fraction of sp³-hybridized carbons (Fsp3) is 0.538. The van der Waals surface area contributed by atoms with Gasteiger partial charge in [0.05, 0.1) is 13.2 Å². The van der Waals surface area contributed by atoms with Crippen molar-refractivity contribution in [2.45, 2.75) is 87.0 Å². The van der Waals surface area contributed by atoms with Gasteiger partial charge in [-0.05, 0) is 84.2 Å². The molecule has 5 nitrogen and oxygen atoms in total. The van der Waals surface area contributed by atoms with Crippen LogP contribution in [0.3, 0.4) is 0 Å². The molecule has 3 aromatic carbocycles. The van der Waals surface area contributed by atoms with Gasteiger partial charge >= 0.3 is 0 Å². The number of unbranched alkanes of at least 4 members (excludes halogenated alkanes) is 2. The molecule has 0 radical (unpaired) electrons. The monoisotopic (exact) mass is 601 g/mol. The first-order valence-corrected chi connectivity index (χ1v) is 17.4. The minimum Gasteiger partial charge on any atom is -0.493 e. The van der Waals surface area contributed by atoms with E-state index in [-0.39, 0.29) is 5.92 Å². The molecule has 0 unspecified atom stereocenters. The molecule has 5 heteroatoms. The zero-order chi connectivity index (χ0) is 31.9. The van der Waals surface area contributed by atoms with E-state index in [1.807, 2.05) is 0 Å². The summed E-state index contributed by atoms with van der Waals surface area (Å²) >= 11 is 0. The summed E-state index contributed by atoms with van der Waals surface area (Å²) < 4.78 is 13.3. The summed E-state index contributed by atoms with van der Waals surface area (Å²) in [5.74, 6) is 1.89. The number of benzene rings is 3. The van der Waals surface area contributed by atoms with Crippen LogP contribution in [0.15, 0.2) is 60.7 Å². The Bertz CT molecular complexity index is 1160. The fourth-order valence-electron chi connectivity index (χ4n) is 5.99. The normalized spacial score (nSPS) is 11.1. The van der Waals surface area contributed by atoms with Crippen LogP contribution >= 0.6 is 0 Å². The van der Waals surface area contributed by atoms with E-state index in [1.54, 1.807) is 0 Å². The van der Waals surface area contributed by atoms with Crippen molar-refractivity contribution in [3.05, 3.63) is 77.4 Å². The largest absolute Gasteiger partial charge is 0.493 e. The van der Waals surface area contributed by atoms with E-state index < -0.39 is 0 Å². The van der Waals surface area contributed by atoms with Gasteiger partial charge in [0.25, 0.3) is 0 Å². The van der Waals surface area contributed by atoms with Crippen LogP contribution in [0.25, 0.3) is 0 Å². The highest BCUT2D eigenvalue weighted by Crippen LogP contribution is 2.44. The smallest absolute Gasteiger partial charge is 0.125 e. The molecular formula is C39H59N3O2. The van der Waals surface area contributed by atoms with Crippen molar-refractivity contribution in [1.29, 1.82) is 0 Å². The quantitative estimate of drug-likeness (QED) is 0.0949. The highest BCUT2D eigenvalue weighted by Gasteiger charge is 2.26. The van der Waals surface area contributed by atoms with E-state index in [1.165, 1.54) is 33.8 Å². The first-order chi connectivity index (χ1) is 21.5. The number of ether oxygens (including phenoxy) is 2. The van der Waals surface area contributed by atoms with Crippen molar-refractivity contribution in [1.82, 2.24) is 0 Å². The minimum absolute atomic E-state index is 0.0366. The Kier molecular flexibility index (Phi) is 14.7. The third-order valence-corrected chi connectivity index (χ3v) is 8.74. The molecule has 0 saturated carbocycles. The molecule has 0 aliphatic heterocycles. The maximum Gasteiger partial charge on any atom is 0.125 e. The molecule has 0 heterocycles. The summed E-state index contributed by atoms with van der Waals surface area (Å²) in [7, 11) is 0. The van der Waals surface area contributed by atoms with Gasteiger partial charge in [-0.25, -0.2) is 0 Å². The average Bonchev–Trinajstić information content (AvgIpc) is 3.05. The van der Waals surface area contributed by atoms with Crippen LogP contribution in [0, 0.1) is 0 Å². The van der Waals surface area contributed by atoms with Crippen LogP contribution in [0.1, 0.15) is 104 Å². The van der Waals surface area contributed by atoms with Gasteiger partial charge in [0.2, 0.25) is 0 Å². The van der Waals surface area contributed by atoms with Crippen LogP contribution < -0.4 is 24.2 Å². The topological polar surface area (TPSA) is 28.2 Å². The van der Waals surface area contributed by atoms with E-state index >= 15 is 0 Å². The number of rotatable bonds is 20. The van der Waals surface area contributed by atoms with E-state index in [4.69, 9.17) is 9.47 Å². The number of anilines is 3. The predicted molar refractivity (Wildman–Crippen MR) is 192 cm³/mol. The summed E-state index contributed by atoms with van der Waals surface area (Å²) in [5, 5.41) is 0. The van der Waals surface area contributed by atoms with Gasteiger partial charge in [-0.2, -0.15) is 0 Å². The van der Waals surface area contributed by atoms with Crippen molar-refractivity contribution in [2.75, 3.05) is 67.2 Å². The first kappa shape index (κ1) is 35.1. The van der Waals surface area contributed by atoms with E-state index in [9.17, 15) is 0 Å². The Morgan fingerprint density at radius 1 is 0.477 bits per heavy atom. The third kappa shape index (κ3) is 8.86. The Hall–Kier alpha value is -3.34. The molecule has 242 valence electrons. The van der Waals surface area contributed by atoms with Gasteiger partial charge in [-0.15, -0.1) is 0 Å². The van der Waals surface area contributed by atoms with Gasteiger partial charge in [0.1, 0.15) is 11.5 Å². The predicted octanol–water partition coefficient (Wildman–Crippen LogP) is 9.76. The molecule has 0 aliphatic carbocycles. The molecule has 0 N–H and O–H groups in total. The van der Waals surface area contributed by atoms with Gasteiger partial charge in [-0.3, -0.25) is 0 Å². The summed E-state index contributed by atoms with van der Waals surface area (Å²) in [6, 6.07) is 22.8. The van der Waals surface area contributed by atoms with Crippen LogP contribution in [0.4, 0.5) is 17.1 Å². The summed E-state index contributed by atoms with van der Waals surface area (Å²) in [6.07, 6.45) is 4.26. The second kappa shape index (κ2) is 18.5. The summed E-state index contributed by atoms with van der Waals surface area (Å²) in [4.78, 5) is 7.18. The van der Waals surface area contributed by atoms with Gasteiger partial charge < -0.3 is 24.2 Å². The molecule has 0 atom stereocenters. The molecule has 3 aromatic rings. The Labute approximate surface area is 269 Å². The Morgan fingerprint density at radius 3 is 1.20 bits per heavy atom. The second-order valence-electron chi connectivity index (χ2n) is 11.4. The highest BCUT2D eigenvalue weighted by molar-refractivity contribution is 5.63. The van der Waals surface area contributed by atoms with Crippen molar-refractivity contribution < 1.29 is 9.47 Å². The lowest BCUT2D eigenvalue weighted by molar-refractivity contribution is 0.302. The molecule has 0 bridgehead atoms. The lowest BCUT2D eigenvalue weighted by Crippen LogP contribution is -2.22. The van der Waals surface area contributed by atoms with Crippen molar-refractivity contribution in [3.8, 4) is 11.5 Å². The molecule has 44 heavy (non-hydrogen) atoms. The maximum atomic E-state index is 6.63. The number of hydrogen-bond acceptors (Lipinski definition) is 5. The molecule has 0 amide bonds. The van der Waals surface area contributed by atoms with Crippen molar-refractivity contribution in [2.24, 2.45) is 0 Å². The fourth-order valence-corrected chi connectivity index (χ4v) is 5.99. The van der Waals surface area contributed by atoms with E-state index in [2.05, 4.69) is 131 Å². The van der Waals surface area contributed by atoms with E-state index in [0.29, 0.717) is 13.2 Å². The molecule has 0 spiro atoms. The zero-order valence-electron chi connectivity index (χ0n) is 29.0. The highest BCUT2D eigenvalue weighted by atomic mass is 16.5. The summed E-state index contributed by atoms with van der Waals surface area (Å²) in [5.41, 5.74) is 7.28. The van der Waals surface area contributed by atoms with Crippen LogP contribution in [0.5, 0.6) is 11.5 Å². The Morgan fingerprint density at radius 2 is 0.841 bits per heavy atom. The third-order valence-electron chi connectivity index (χ3n) is 8.74. The van der Waals surface area contributed by atoms with Crippen molar-refractivity contribution >= 4 is 17.1 Å². The first-order valence-electron chi connectivity index (χ1n) is 17.4.